The van der Waals surface area contributed by atoms with Crippen LogP contribution in [0.25, 0.3) is 0 Å². The highest BCUT2D eigenvalue weighted by Crippen LogP contribution is 2.15. The minimum Gasteiger partial charge on any atom is -0.311 e. The van der Waals surface area contributed by atoms with E-state index in [1.54, 1.807) is 24.3 Å². The van der Waals surface area contributed by atoms with E-state index in [4.69, 9.17) is 5.26 Å². The summed E-state index contributed by atoms with van der Waals surface area (Å²) < 4.78 is 0. The Morgan fingerprint density at radius 3 is 2.56 bits per heavy atom. The molecule has 0 spiro atoms. The van der Waals surface area contributed by atoms with Crippen molar-refractivity contribution in [2.45, 2.75) is 19.3 Å². The molecule has 2 N–H and O–H groups in total. The summed E-state index contributed by atoms with van der Waals surface area (Å²) >= 11 is 0. The molecule has 0 aliphatic carbocycles. The van der Waals surface area contributed by atoms with Gasteiger partial charge in [-0.3, -0.25) is 25.1 Å². The van der Waals surface area contributed by atoms with Crippen molar-refractivity contribution in [3.8, 4) is 6.07 Å². The summed E-state index contributed by atoms with van der Waals surface area (Å²) in [6.45, 7) is -0.0270. The highest BCUT2D eigenvalue weighted by Gasteiger charge is 2.28. The number of hydrazine groups is 1. The Labute approximate surface area is 144 Å². The summed E-state index contributed by atoms with van der Waals surface area (Å²) in [6.07, 6.45) is -0.0643. The first-order chi connectivity index (χ1) is 12.0. The van der Waals surface area contributed by atoms with Crippen LogP contribution in [0.3, 0.4) is 0 Å². The fourth-order valence-electron chi connectivity index (χ4n) is 2.26. The number of hydrogen-bond acceptors (Lipinski definition) is 5. The van der Waals surface area contributed by atoms with Gasteiger partial charge < -0.3 is 4.90 Å². The van der Waals surface area contributed by atoms with Gasteiger partial charge in [-0.15, -0.1) is 0 Å². The highest BCUT2D eigenvalue weighted by molar-refractivity contribution is 6.02. The topological polar surface area (TPSA) is 123 Å². The molecule has 1 aliphatic heterocycles. The van der Waals surface area contributed by atoms with Crippen LogP contribution in [-0.2, 0) is 14.4 Å². The Kier molecular flexibility index (Phi) is 6.06. The van der Waals surface area contributed by atoms with Gasteiger partial charge >= 0.3 is 6.03 Å². The number of amides is 5. The Balaban J connectivity index is 1.90. The van der Waals surface area contributed by atoms with Gasteiger partial charge in [0.05, 0.1) is 12.5 Å². The molecule has 0 atom stereocenters. The number of imide groups is 1. The van der Waals surface area contributed by atoms with E-state index < -0.39 is 17.8 Å². The Bertz CT molecular complexity index is 713. The van der Waals surface area contributed by atoms with E-state index in [0.717, 1.165) is 5.01 Å². The third kappa shape index (κ3) is 5.04. The van der Waals surface area contributed by atoms with E-state index >= 15 is 0 Å². The number of carbonyl (C=O) groups is 4. The zero-order valence-electron chi connectivity index (χ0n) is 13.4. The van der Waals surface area contributed by atoms with Gasteiger partial charge in [0, 0.05) is 25.1 Å². The lowest BCUT2D eigenvalue weighted by Gasteiger charge is -2.22. The molecule has 9 nitrogen and oxygen atoms in total. The molecule has 1 fully saturated rings. The van der Waals surface area contributed by atoms with Gasteiger partial charge in [0.2, 0.25) is 17.7 Å². The first kappa shape index (κ1) is 17.9. The molecule has 0 saturated carbocycles. The molecule has 0 radical (unpaired) electrons. The van der Waals surface area contributed by atoms with Gasteiger partial charge in [-0.1, -0.05) is 18.2 Å². The number of urea groups is 1. The van der Waals surface area contributed by atoms with Crippen LogP contribution in [0.2, 0.25) is 0 Å². The Morgan fingerprint density at radius 1 is 1.24 bits per heavy atom. The molecule has 9 heteroatoms. The monoisotopic (exact) mass is 343 g/mol. The quantitative estimate of drug-likeness (QED) is 0.689. The first-order valence-corrected chi connectivity index (χ1v) is 7.64. The number of para-hydroxylation sites is 1. The minimum atomic E-state index is -0.704. The summed E-state index contributed by atoms with van der Waals surface area (Å²) in [5.74, 6) is -1.36. The molecule has 1 aliphatic rings. The van der Waals surface area contributed by atoms with E-state index in [9.17, 15) is 19.2 Å². The van der Waals surface area contributed by atoms with Crippen molar-refractivity contribution < 1.29 is 19.2 Å². The van der Waals surface area contributed by atoms with Crippen molar-refractivity contribution in [3.63, 3.8) is 0 Å². The molecular formula is C16H17N5O4. The summed E-state index contributed by atoms with van der Waals surface area (Å²) in [5, 5.41) is 11.6. The molecule has 0 bridgehead atoms. The van der Waals surface area contributed by atoms with Gasteiger partial charge in [-0.2, -0.15) is 5.26 Å². The molecule has 1 aromatic carbocycles. The number of benzene rings is 1. The molecule has 5 amide bonds. The number of rotatable bonds is 7. The Morgan fingerprint density at radius 2 is 1.96 bits per heavy atom. The molecule has 1 heterocycles. The van der Waals surface area contributed by atoms with Crippen LogP contribution in [0.1, 0.15) is 19.3 Å². The molecule has 2 rings (SSSR count). The maximum absolute atomic E-state index is 12.4. The van der Waals surface area contributed by atoms with Crippen LogP contribution in [0.15, 0.2) is 30.3 Å². The van der Waals surface area contributed by atoms with Gasteiger partial charge in [-0.05, 0) is 12.1 Å². The molecule has 0 aromatic heterocycles. The lowest BCUT2D eigenvalue weighted by Crippen LogP contribution is -2.44. The minimum absolute atomic E-state index is 0.0877. The van der Waals surface area contributed by atoms with Gasteiger partial charge in [0.25, 0.3) is 0 Å². The zero-order chi connectivity index (χ0) is 18.2. The maximum atomic E-state index is 12.4. The van der Waals surface area contributed by atoms with Crippen LogP contribution in [0.4, 0.5) is 10.5 Å². The third-order valence-electron chi connectivity index (χ3n) is 3.43. The van der Waals surface area contributed by atoms with E-state index in [2.05, 4.69) is 5.43 Å². The zero-order valence-corrected chi connectivity index (χ0v) is 13.4. The summed E-state index contributed by atoms with van der Waals surface area (Å²) in [5.41, 5.74) is 2.92. The predicted octanol–water partition coefficient (Wildman–Crippen LogP) is 0.296. The van der Waals surface area contributed by atoms with Crippen molar-refractivity contribution in [1.29, 1.82) is 5.26 Å². The number of hydrogen-bond donors (Lipinski definition) is 2. The first-order valence-electron chi connectivity index (χ1n) is 7.64. The van der Waals surface area contributed by atoms with Crippen molar-refractivity contribution in [3.05, 3.63) is 30.3 Å². The average Bonchev–Trinajstić information content (AvgIpc) is 2.91. The Hall–Kier alpha value is -3.41. The van der Waals surface area contributed by atoms with Gasteiger partial charge in [0.15, 0.2) is 0 Å². The predicted molar refractivity (Wildman–Crippen MR) is 86.6 cm³/mol. The number of carbonyl (C=O) groups excluding carboxylic acids is 4. The second-order valence-corrected chi connectivity index (χ2v) is 5.26. The van der Waals surface area contributed by atoms with Crippen LogP contribution in [0, 0.1) is 11.3 Å². The highest BCUT2D eigenvalue weighted by atomic mass is 16.2. The normalized spacial score (nSPS) is 13.2. The standard InChI is InChI=1S/C16H17N5O4/c17-9-4-10-20(12-5-2-1-3-6-12)15(24)8-7-13(22)19-21-11-14(23)18-16(21)25/h1-3,5-6H,4,7-8,10-11H2,(H,19,22)(H,18,23,25). The number of nitriles is 1. The fourth-order valence-corrected chi connectivity index (χ4v) is 2.26. The van der Waals surface area contributed by atoms with E-state index in [1.165, 1.54) is 4.90 Å². The van der Waals surface area contributed by atoms with Crippen LogP contribution >= 0.6 is 0 Å². The second-order valence-electron chi connectivity index (χ2n) is 5.26. The largest absolute Gasteiger partial charge is 0.343 e. The summed E-state index contributed by atoms with van der Waals surface area (Å²) in [6, 6.07) is 10.1. The van der Waals surface area contributed by atoms with E-state index in [0.29, 0.717) is 5.69 Å². The summed E-state index contributed by atoms with van der Waals surface area (Å²) in [7, 11) is 0. The SMILES string of the molecule is N#CCCN(C(=O)CCC(=O)NN1CC(=O)NC1=O)c1ccccc1. The average molecular weight is 343 g/mol. The van der Waals surface area contributed by atoms with E-state index in [-0.39, 0.29) is 38.3 Å². The molecular weight excluding hydrogens is 326 g/mol. The van der Waals surface area contributed by atoms with Gasteiger partial charge in [-0.25, -0.2) is 9.80 Å². The fraction of sp³-hybridized carbons (Fsp3) is 0.312. The van der Waals surface area contributed by atoms with Crippen molar-refractivity contribution in [2.24, 2.45) is 0 Å². The number of nitrogens with zero attached hydrogens (tertiary/aromatic N) is 3. The third-order valence-corrected chi connectivity index (χ3v) is 3.43. The number of anilines is 1. The maximum Gasteiger partial charge on any atom is 0.343 e. The smallest absolute Gasteiger partial charge is 0.311 e. The molecule has 25 heavy (non-hydrogen) atoms. The molecule has 1 aromatic rings. The number of nitrogens with one attached hydrogen (secondary N) is 2. The van der Waals surface area contributed by atoms with Crippen molar-refractivity contribution >= 4 is 29.4 Å². The van der Waals surface area contributed by atoms with Crippen LogP contribution in [-0.4, -0.2) is 41.9 Å². The summed E-state index contributed by atoms with van der Waals surface area (Å²) in [4.78, 5) is 48.1. The van der Waals surface area contributed by atoms with Gasteiger partial charge in [0.1, 0.15) is 6.54 Å². The van der Waals surface area contributed by atoms with Crippen molar-refractivity contribution in [1.82, 2.24) is 15.8 Å². The van der Waals surface area contributed by atoms with E-state index in [1.807, 2.05) is 17.5 Å². The van der Waals surface area contributed by atoms with Crippen molar-refractivity contribution in [2.75, 3.05) is 18.0 Å². The van der Waals surface area contributed by atoms with Crippen LogP contribution in [0.5, 0.6) is 0 Å². The molecule has 130 valence electrons. The lowest BCUT2D eigenvalue weighted by molar-refractivity contribution is -0.128. The molecule has 1 saturated heterocycles. The lowest BCUT2D eigenvalue weighted by atomic mass is 10.2. The molecule has 0 unspecified atom stereocenters. The second kappa shape index (κ2) is 8.44. The van der Waals surface area contributed by atoms with Crippen LogP contribution < -0.4 is 15.6 Å².